The van der Waals surface area contributed by atoms with Crippen LogP contribution in [0.1, 0.15) is 5.69 Å². The molecule has 0 spiro atoms. The lowest BCUT2D eigenvalue weighted by Gasteiger charge is -2.16. The number of benzene rings is 2. The third kappa shape index (κ3) is 2.97. The van der Waals surface area contributed by atoms with E-state index in [4.69, 9.17) is 0 Å². The predicted octanol–water partition coefficient (Wildman–Crippen LogP) is 5.32. The molecule has 4 rings (SSSR count). The summed E-state index contributed by atoms with van der Waals surface area (Å²) in [4.78, 5) is 4.51. The van der Waals surface area contributed by atoms with E-state index in [9.17, 15) is 4.39 Å². The first-order valence-corrected chi connectivity index (χ1v) is 8.34. The van der Waals surface area contributed by atoms with Gasteiger partial charge in [-0.1, -0.05) is 48.5 Å². The van der Waals surface area contributed by atoms with Gasteiger partial charge in [0.25, 0.3) is 0 Å². The van der Waals surface area contributed by atoms with Crippen LogP contribution in [-0.4, -0.2) is 15.2 Å². The van der Waals surface area contributed by atoms with E-state index in [1.54, 1.807) is 12.3 Å². The molecule has 0 saturated carbocycles. The Balaban J connectivity index is 2.08. The number of halogens is 1. The maximum absolute atomic E-state index is 13.8. The molecule has 26 heavy (non-hydrogen) atoms. The van der Waals surface area contributed by atoms with Gasteiger partial charge in [0.1, 0.15) is 11.5 Å². The lowest BCUT2D eigenvalue weighted by atomic mass is 9.92. The molecular formula is C22H16FN3. The SMILES string of the molecule is Cc1nnc(-c2cccc(F)c2)c(-c2ccccc2)c1-c1ccccn1. The number of aromatic nitrogens is 3. The molecule has 4 aromatic rings. The van der Waals surface area contributed by atoms with E-state index in [2.05, 4.69) is 15.2 Å². The van der Waals surface area contributed by atoms with Crippen molar-refractivity contribution in [2.75, 3.05) is 0 Å². The molecule has 0 unspecified atom stereocenters. The lowest BCUT2D eigenvalue weighted by molar-refractivity contribution is 0.628. The number of pyridine rings is 1. The van der Waals surface area contributed by atoms with Gasteiger partial charge >= 0.3 is 0 Å². The second-order valence-corrected chi connectivity index (χ2v) is 5.98. The molecule has 3 nitrogen and oxygen atoms in total. The van der Waals surface area contributed by atoms with E-state index in [-0.39, 0.29) is 5.82 Å². The van der Waals surface area contributed by atoms with E-state index >= 15 is 0 Å². The van der Waals surface area contributed by atoms with Crippen molar-refractivity contribution in [3.05, 3.63) is 90.5 Å². The third-order valence-corrected chi connectivity index (χ3v) is 4.23. The molecule has 0 amide bonds. The van der Waals surface area contributed by atoms with Gasteiger partial charge in [-0.05, 0) is 36.8 Å². The summed E-state index contributed by atoms with van der Waals surface area (Å²) in [6, 6.07) is 22.2. The first-order valence-electron chi connectivity index (χ1n) is 8.34. The molecule has 0 radical (unpaired) electrons. The summed E-state index contributed by atoms with van der Waals surface area (Å²) in [5.41, 5.74) is 5.73. The van der Waals surface area contributed by atoms with Crippen molar-refractivity contribution in [2.45, 2.75) is 6.92 Å². The highest BCUT2D eigenvalue weighted by Crippen LogP contribution is 2.39. The molecule has 2 aromatic heterocycles. The number of hydrogen-bond donors (Lipinski definition) is 0. The zero-order valence-electron chi connectivity index (χ0n) is 14.2. The number of nitrogens with zero attached hydrogens (tertiary/aromatic N) is 3. The Hall–Kier alpha value is -3.40. The Morgan fingerprint density at radius 3 is 2.23 bits per heavy atom. The Kier molecular flexibility index (Phi) is 4.23. The van der Waals surface area contributed by atoms with Crippen molar-refractivity contribution in [1.82, 2.24) is 15.2 Å². The van der Waals surface area contributed by atoms with Gasteiger partial charge in [0.05, 0.1) is 11.4 Å². The average molecular weight is 341 g/mol. The molecule has 0 aliphatic rings. The van der Waals surface area contributed by atoms with E-state index < -0.39 is 0 Å². The first-order chi connectivity index (χ1) is 12.7. The van der Waals surface area contributed by atoms with Crippen LogP contribution in [0.2, 0.25) is 0 Å². The van der Waals surface area contributed by atoms with Crippen LogP contribution in [0, 0.1) is 12.7 Å². The quantitative estimate of drug-likeness (QED) is 0.506. The normalized spacial score (nSPS) is 10.7. The summed E-state index contributed by atoms with van der Waals surface area (Å²) in [5.74, 6) is -0.303. The van der Waals surface area contributed by atoms with E-state index in [1.165, 1.54) is 12.1 Å². The summed E-state index contributed by atoms with van der Waals surface area (Å²) in [5, 5.41) is 8.74. The lowest BCUT2D eigenvalue weighted by Crippen LogP contribution is -2.01. The Morgan fingerprint density at radius 1 is 0.731 bits per heavy atom. The standard InChI is InChI=1S/C22H16FN3/c1-15-20(19-12-5-6-13-24-19)21(16-8-3-2-4-9-16)22(26-25-15)17-10-7-11-18(23)14-17/h2-14H,1H3. The van der Waals surface area contributed by atoms with Gasteiger partial charge in [-0.25, -0.2) is 4.39 Å². The minimum atomic E-state index is -0.303. The van der Waals surface area contributed by atoms with Gasteiger partial charge in [0, 0.05) is 22.9 Å². The molecule has 0 atom stereocenters. The number of aryl methyl sites for hydroxylation is 1. The smallest absolute Gasteiger partial charge is 0.123 e. The fraction of sp³-hybridized carbons (Fsp3) is 0.0455. The molecule has 2 heterocycles. The molecule has 2 aromatic carbocycles. The zero-order valence-corrected chi connectivity index (χ0v) is 14.2. The molecular weight excluding hydrogens is 325 g/mol. The zero-order chi connectivity index (χ0) is 17.9. The summed E-state index contributed by atoms with van der Waals surface area (Å²) in [6.45, 7) is 1.92. The predicted molar refractivity (Wildman–Crippen MR) is 101 cm³/mol. The van der Waals surface area contributed by atoms with Gasteiger partial charge in [0.15, 0.2) is 0 Å². The number of rotatable bonds is 3. The van der Waals surface area contributed by atoms with Crippen LogP contribution in [0.4, 0.5) is 4.39 Å². The largest absolute Gasteiger partial charge is 0.256 e. The molecule has 0 bridgehead atoms. The van der Waals surface area contributed by atoms with Crippen LogP contribution in [0.15, 0.2) is 79.0 Å². The van der Waals surface area contributed by atoms with Gasteiger partial charge in [0.2, 0.25) is 0 Å². The topological polar surface area (TPSA) is 38.7 Å². The Bertz CT molecular complexity index is 1050. The average Bonchev–Trinajstić information content (AvgIpc) is 2.69. The van der Waals surface area contributed by atoms with Crippen LogP contribution < -0.4 is 0 Å². The van der Waals surface area contributed by atoms with Crippen molar-refractivity contribution < 1.29 is 4.39 Å². The van der Waals surface area contributed by atoms with E-state index in [1.807, 2.05) is 61.5 Å². The molecule has 4 heteroatoms. The van der Waals surface area contributed by atoms with E-state index in [0.29, 0.717) is 11.3 Å². The van der Waals surface area contributed by atoms with Crippen LogP contribution in [-0.2, 0) is 0 Å². The molecule has 0 aliphatic carbocycles. The van der Waals surface area contributed by atoms with Gasteiger partial charge in [-0.2, -0.15) is 5.10 Å². The maximum atomic E-state index is 13.8. The maximum Gasteiger partial charge on any atom is 0.123 e. The minimum Gasteiger partial charge on any atom is -0.256 e. The fourth-order valence-electron chi connectivity index (χ4n) is 3.07. The van der Waals surface area contributed by atoms with Crippen LogP contribution in [0.3, 0.4) is 0 Å². The van der Waals surface area contributed by atoms with Crippen molar-refractivity contribution in [3.63, 3.8) is 0 Å². The minimum absolute atomic E-state index is 0.303. The molecule has 126 valence electrons. The van der Waals surface area contributed by atoms with Crippen LogP contribution in [0.25, 0.3) is 33.6 Å². The van der Waals surface area contributed by atoms with E-state index in [0.717, 1.165) is 28.1 Å². The van der Waals surface area contributed by atoms with Crippen LogP contribution in [0.5, 0.6) is 0 Å². The second-order valence-electron chi connectivity index (χ2n) is 5.98. The first kappa shape index (κ1) is 16.1. The molecule has 0 saturated heterocycles. The summed E-state index contributed by atoms with van der Waals surface area (Å²) >= 11 is 0. The monoisotopic (exact) mass is 341 g/mol. The van der Waals surface area contributed by atoms with Gasteiger partial charge in [-0.3, -0.25) is 4.98 Å². The highest BCUT2D eigenvalue weighted by Gasteiger charge is 2.19. The number of hydrogen-bond acceptors (Lipinski definition) is 3. The molecule has 0 aliphatic heterocycles. The molecule has 0 N–H and O–H groups in total. The van der Waals surface area contributed by atoms with Gasteiger partial charge < -0.3 is 0 Å². The second kappa shape index (κ2) is 6.84. The van der Waals surface area contributed by atoms with Gasteiger partial charge in [-0.15, -0.1) is 5.10 Å². The Labute approximate surface area is 151 Å². The summed E-state index contributed by atoms with van der Waals surface area (Å²) in [7, 11) is 0. The summed E-state index contributed by atoms with van der Waals surface area (Å²) < 4.78 is 13.8. The van der Waals surface area contributed by atoms with Crippen molar-refractivity contribution in [1.29, 1.82) is 0 Å². The highest BCUT2D eigenvalue weighted by molar-refractivity contribution is 5.92. The third-order valence-electron chi connectivity index (χ3n) is 4.23. The highest BCUT2D eigenvalue weighted by atomic mass is 19.1. The van der Waals surface area contributed by atoms with Crippen molar-refractivity contribution in [3.8, 4) is 33.6 Å². The van der Waals surface area contributed by atoms with Crippen molar-refractivity contribution in [2.24, 2.45) is 0 Å². The van der Waals surface area contributed by atoms with Crippen molar-refractivity contribution >= 4 is 0 Å². The van der Waals surface area contributed by atoms with Crippen LogP contribution >= 0.6 is 0 Å². The Morgan fingerprint density at radius 2 is 1.50 bits per heavy atom. The fourth-order valence-corrected chi connectivity index (χ4v) is 3.07. The summed E-state index contributed by atoms with van der Waals surface area (Å²) in [6.07, 6.45) is 1.76. The molecule has 0 fully saturated rings.